The lowest BCUT2D eigenvalue weighted by atomic mass is 10.3. The second-order valence-corrected chi connectivity index (χ2v) is 4.40. The molecule has 2 aromatic heterocycles. The largest absolute Gasteiger partial charge is 0.384 e. The van der Waals surface area contributed by atoms with E-state index in [1.807, 2.05) is 19.4 Å². The van der Waals surface area contributed by atoms with Gasteiger partial charge in [-0.15, -0.1) is 0 Å². The van der Waals surface area contributed by atoms with Crippen LogP contribution in [0.2, 0.25) is 0 Å². The maximum Gasteiger partial charge on any atom is 0.152 e. The molecule has 0 aliphatic heterocycles. The van der Waals surface area contributed by atoms with E-state index in [9.17, 15) is 0 Å². The van der Waals surface area contributed by atoms with E-state index in [0.717, 1.165) is 43.1 Å². The Labute approximate surface area is 113 Å². The van der Waals surface area contributed by atoms with Crippen molar-refractivity contribution < 1.29 is 0 Å². The van der Waals surface area contributed by atoms with Crippen molar-refractivity contribution >= 4 is 11.4 Å². The van der Waals surface area contributed by atoms with Gasteiger partial charge in [0, 0.05) is 26.6 Å². The molecule has 2 heterocycles. The van der Waals surface area contributed by atoms with Gasteiger partial charge in [0.2, 0.25) is 0 Å². The molecular formula is C13H20N6. The molecule has 0 unspecified atom stereocenters. The normalized spacial score (nSPS) is 10.4. The third-order valence-electron chi connectivity index (χ3n) is 2.64. The van der Waals surface area contributed by atoms with Crippen molar-refractivity contribution in [1.82, 2.24) is 19.7 Å². The minimum atomic E-state index is 0.795. The molecule has 0 saturated carbocycles. The van der Waals surface area contributed by atoms with Crippen LogP contribution in [0, 0.1) is 0 Å². The van der Waals surface area contributed by atoms with Crippen LogP contribution < -0.4 is 10.6 Å². The number of nitrogens with one attached hydrogen (secondary N) is 2. The molecule has 0 radical (unpaired) electrons. The Kier molecular flexibility index (Phi) is 4.72. The number of anilines is 2. The molecule has 2 rings (SSSR count). The van der Waals surface area contributed by atoms with Gasteiger partial charge in [0.05, 0.1) is 23.8 Å². The molecule has 6 nitrogen and oxygen atoms in total. The van der Waals surface area contributed by atoms with E-state index in [-0.39, 0.29) is 0 Å². The van der Waals surface area contributed by atoms with Gasteiger partial charge in [0.25, 0.3) is 0 Å². The van der Waals surface area contributed by atoms with Crippen LogP contribution in [-0.2, 0) is 13.5 Å². The third kappa shape index (κ3) is 4.24. The van der Waals surface area contributed by atoms with Gasteiger partial charge in [-0.1, -0.05) is 6.92 Å². The minimum Gasteiger partial charge on any atom is -0.384 e. The van der Waals surface area contributed by atoms with Crippen molar-refractivity contribution in [2.75, 3.05) is 23.7 Å². The SMILES string of the molecule is CCCNc1cncc(NCCc2ncn(C)n2)c1. The first-order valence-electron chi connectivity index (χ1n) is 6.55. The van der Waals surface area contributed by atoms with E-state index in [0.29, 0.717) is 0 Å². The van der Waals surface area contributed by atoms with E-state index in [1.54, 1.807) is 11.0 Å². The number of hydrogen-bond acceptors (Lipinski definition) is 5. The fourth-order valence-electron chi connectivity index (χ4n) is 1.72. The number of rotatable bonds is 7. The highest BCUT2D eigenvalue weighted by atomic mass is 15.3. The van der Waals surface area contributed by atoms with Gasteiger partial charge >= 0.3 is 0 Å². The Balaban J connectivity index is 1.82. The van der Waals surface area contributed by atoms with Crippen molar-refractivity contribution in [2.24, 2.45) is 7.05 Å². The highest BCUT2D eigenvalue weighted by Crippen LogP contribution is 2.12. The lowest BCUT2D eigenvalue weighted by Crippen LogP contribution is -2.07. The average Bonchev–Trinajstić information content (AvgIpc) is 2.83. The summed E-state index contributed by atoms with van der Waals surface area (Å²) in [6, 6.07) is 2.06. The maximum atomic E-state index is 4.24. The third-order valence-corrected chi connectivity index (χ3v) is 2.64. The van der Waals surface area contributed by atoms with Crippen LogP contribution in [0.5, 0.6) is 0 Å². The summed E-state index contributed by atoms with van der Waals surface area (Å²) in [5, 5.41) is 10.9. The van der Waals surface area contributed by atoms with Gasteiger partial charge in [-0.25, -0.2) is 4.98 Å². The summed E-state index contributed by atoms with van der Waals surface area (Å²) in [6.45, 7) is 3.90. The highest BCUT2D eigenvalue weighted by Gasteiger charge is 1.99. The first kappa shape index (κ1) is 13.3. The van der Waals surface area contributed by atoms with E-state index >= 15 is 0 Å². The van der Waals surface area contributed by atoms with Crippen molar-refractivity contribution in [3.05, 3.63) is 30.6 Å². The zero-order valence-electron chi connectivity index (χ0n) is 11.4. The van der Waals surface area contributed by atoms with Crippen molar-refractivity contribution in [3.8, 4) is 0 Å². The molecule has 0 aliphatic rings. The second-order valence-electron chi connectivity index (χ2n) is 4.40. The molecule has 102 valence electrons. The molecule has 0 aliphatic carbocycles. The Morgan fingerprint density at radius 1 is 1.16 bits per heavy atom. The Morgan fingerprint density at radius 2 is 1.89 bits per heavy atom. The van der Waals surface area contributed by atoms with Crippen LogP contribution in [0.25, 0.3) is 0 Å². The Bertz CT molecular complexity index is 507. The molecule has 19 heavy (non-hydrogen) atoms. The molecule has 0 saturated heterocycles. The first-order valence-corrected chi connectivity index (χ1v) is 6.55. The lowest BCUT2D eigenvalue weighted by Gasteiger charge is -2.08. The van der Waals surface area contributed by atoms with Gasteiger partial charge in [-0.05, 0) is 12.5 Å². The van der Waals surface area contributed by atoms with Crippen LogP contribution in [-0.4, -0.2) is 32.8 Å². The van der Waals surface area contributed by atoms with Gasteiger partial charge in [0.1, 0.15) is 6.33 Å². The molecule has 0 aromatic carbocycles. The molecule has 6 heteroatoms. The van der Waals surface area contributed by atoms with Crippen LogP contribution in [0.3, 0.4) is 0 Å². The number of aromatic nitrogens is 4. The Hall–Kier alpha value is -2.11. The second kappa shape index (κ2) is 6.72. The summed E-state index contributed by atoms with van der Waals surface area (Å²) in [6.07, 6.45) is 7.27. The summed E-state index contributed by atoms with van der Waals surface area (Å²) in [5.41, 5.74) is 2.06. The molecule has 0 atom stereocenters. The summed E-state index contributed by atoms with van der Waals surface area (Å²) in [7, 11) is 1.87. The molecule has 0 amide bonds. The summed E-state index contributed by atoms with van der Waals surface area (Å²) >= 11 is 0. The number of pyridine rings is 1. The van der Waals surface area contributed by atoms with Gasteiger partial charge in [0.15, 0.2) is 5.82 Å². The van der Waals surface area contributed by atoms with E-state index in [1.165, 1.54) is 0 Å². The van der Waals surface area contributed by atoms with Crippen LogP contribution >= 0.6 is 0 Å². The van der Waals surface area contributed by atoms with E-state index < -0.39 is 0 Å². The van der Waals surface area contributed by atoms with E-state index in [2.05, 4.69) is 38.7 Å². The summed E-state index contributed by atoms with van der Waals surface area (Å²) < 4.78 is 1.71. The Morgan fingerprint density at radius 3 is 2.53 bits per heavy atom. The molecule has 0 bridgehead atoms. The smallest absolute Gasteiger partial charge is 0.152 e. The number of aryl methyl sites for hydroxylation is 1. The average molecular weight is 260 g/mol. The quantitative estimate of drug-likeness (QED) is 0.793. The van der Waals surface area contributed by atoms with Gasteiger partial charge in [-0.2, -0.15) is 5.10 Å². The standard InChI is InChI=1S/C13H20N6/c1-3-5-15-11-7-12(9-14-8-11)16-6-4-13-17-10-19(2)18-13/h7-10,15-16H,3-6H2,1-2H3. The fraction of sp³-hybridized carbons (Fsp3) is 0.462. The monoisotopic (exact) mass is 260 g/mol. The molecule has 2 aromatic rings. The van der Waals surface area contributed by atoms with Crippen molar-refractivity contribution in [3.63, 3.8) is 0 Å². The molecule has 0 spiro atoms. The van der Waals surface area contributed by atoms with Gasteiger partial charge < -0.3 is 10.6 Å². The number of nitrogens with zero attached hydrogens (tertiary/aromatic N) is 4. The highest BCUT2D eigenvalue weighted by molar-refractivity contribution is 5.53. The van der Waals surface area contributed by atoms with Crippen molar-refractivity contribution in [2.45, 2.75) is 19.8 Å². The summed E-state index contributed by atoms with van der Waals surface area (Å²) in [4.78, 5) is 8.40. The maximum absolute atomic E-state index is 4.24. The number of hydrogen-bond donors (Lipinski definition) is 2. The zero-order chi connectivity index (χ0) is 13.5. The van der Waals surface area contributed by atoms with Crippen LogP contribution in [0.15, 0.2) is 24.8 Å². The minimum absolute atomic E-state index is 0.795. The molecular weight excluding hydrogens is 240 g/mol. The fourth-order valence-corrected chi connectivity index (χ4v) is 1.72. The topological polar surface area (TPSA) is 67.7 Å². The predicted octanol–water partition coefficient (Wildman–Crippen LogP) is 1.69. The van der Waals surface area contributed by atoms with Gasteiger partial charge in [-0.3, -0.25) is 9.67 Å². The van der Waals surface area contributed by atoms with Crippen molar-refractivity contribution in [1.29, 1.82) is 0 Å². The van der Waals surface area contributed by atoms with E-state index in [4.69, 9.17) is 0 Å². The predicted molar refractivity (Wildman–Crippen MR) is 76.2 cm³/mol. The van der Waals surface area contributed by atoms with Crippen LogP contribution in [0.1, 0.15) is 19.2 Å². The summed E-state index contributed by atoms with van der Waals surface area (Å²) in [5.74, 6) is 0.850. The molecule has 0 fully saturated rings. The zero-order valence-corrected chi connectivity index (χ0v) is 11.4. The van der Waals surface area contributed by atoms with Crippen LogP contribution in [0.4, 0.5) is 11.4 Å². The lowest BCUT2D eigenvalue weighted by molar-refractivity contribution is 0.742. The first-order chi connectivity index (χ1) is 9.28. The molecule has 2 N–H and O–H groups in total.